The topological polar surface area (TPSA) is 123 Å². The maximum atomic E-state index is 14.2. The summed E-state index contributed by atoms with van der Waals surface area (Å²) in [6.45, 7) is 8.22. The highest BCUT2D eigenvalue weighted by Gasteiger charge is 2.27. The first-order chi connectivity index (χ1) is 20.3. The van der Waals surface area contributed by atoms with E-state index in [1.807, 2.05) is 25.1 Å². The van der Waals surface area contributed by atoms with Crippen LogP contribution in [0.3, 0.4) is 0 Å². The second-order valence-corrected chi connectivity index (χ2v) is 12.3. The van der Waals surface area contributed by atoms with Crippen molar-refractivity contribution in [1.29, 1.82) is 0 Å². The van der Waals surface area contributed by atoms with Crippen LogP contribution in [0.5, 0.6) is 5.75 Å². The number of morpholine rings is 1. The van der Waals surface area contributed by atoms with E-state index in [1.165, 1.54) is 4.31 Å². The highest BCUT2D eigenvalue weighted by atomic mass is 32.2. The van der Waals surface area contributed by atoms with E-state index in [0.717, 1.165) is 42.6 Å². The first-order valence-corrected chi connectivity index (χ1v) is 15.8. The first kappa shape index (κ1) is 29.9. The second kappa shape index (κ2) is 13.2. The summed E-state index contributed by atoms with van der Waals surface area (Å²) in [5, 5.41) is 5.31. The van der Waals surface area contributed by atoms with Gasteiger partial charge in [0.15, 0.2) is 0 Å². The van der Waals surface area contributed by atoms with Crippen molar-refractivity contribution in [2.24, 2.45) is 7.05 Å². The third kappa shape index (κ3) is 6.41. The molecule has 1 N–H and O–H groups in total. The average molecular weight is 595 g/mol. The lowest BCUT2D eigenvalue weighted by molar-refractivity contribution is 0.0361. The molecule has 224 valence electrons. The van der Waals surface area contributed by atoms with Gasteiger partial charge in [0, 0.05) is 63.1 Å². The Morgan fingerprint density at radius 2 is 1.86 bits per heavy atom. The van der Waals surface area contributed by atoms with Crippen LogP contribution in [0, 0.1) is 0 Å². The SMILES string of the molecule is CCCc1nn(C)c2c(=O)[nH]c(-c3cc(S(=O)(=O)N(CCN4CCOCC4)Cc4ccncc4)ccc3OCC)cc12. The molecule has 0 spiro atoms. The van der Waals surface area contributed by atoms with Gasteiger partial charge >= 0.3 is 0 Å². The van der Waals surface area contributed by atoms with E-state index >= 15 is 0 Å². The fraction of sp³-hybridized carbons (Fsp3) is 0.433. The van der Waals surface area contributed by atoms with Gasteiger partial charge in [-0.3, -0.25) is 19.4 Å². The van der Waals surface area contributed by atoms with Crippen LogP contribution in [0.4, 0.5) is 0 Å². The first-order valence-electron chi connectivity index (χ1n) is 14.4. The molecule has 4 heterocycles. The molecule has 11 nitrogen and oxygen atoms in total. The summed E-state index contributed by atoms with van der Waals surface area (Å²) in [4.78, 5) is 22.6. The van der Waals surface area contributed by atoms with Gasteiger partial charge < -0.3 is 14.5 Å². The number of sulfonamides is 1. The highest BCUT2D eigenvalue weighted by Crippen LogP contribution is 2.34. The van der Waals surface area contributed by atoms with Gasteiger partial charge in [-0.1, -0.05) is 13.3 Å². The lowest BCUT2D eigenvalue weighted by Gasteiger charge is -2.30. The van der Waals surface area contributed by atoms with Crippen molar-refractivity contribution in [3.63, 3.8) is 0 Å². The number of aryl methyl sites for hydroxylation is 2. The molecular formula is C30H38N6O5S. The Labute approximate surface area is 246 Å². The minimum atomic E-state index is -3.94. The van der Waals surface area contributed by atoms with Gasteiger partial charge in [0.05, 0.1) is 36.1 Å². The normalized spacial score (nSPS) is 14.6. The number of H-pyrrole nitrogens is 1. The average Bonchev–Trinajstić information content (AvgIpc) is 3.31. The van der Waals surface area contributed by atoms with Gasteiger partial charge in [0.1, 0.15) is 11.3 Å². The van der Waals surface area contributed by atoms with E-state index in [-0.39, 0.29) is 17.0 Å². The maximum Gasteiger partial charge on any atom is 0.274 e. The fourth-order valence-corrected chi connectivity index (χ4v) is 6.76. The number of rotatable bonds is 12. The van der Waals surface area contributed by atoms with Crippen LogP contribution < -0.4 is 10.3 Å². The van der Waals surface area contributed by atoms with E-state index in [9.17, 15) is 13.2 Å². The number of benzene rings is 1. The minimum absolute atomic E-state index is 0.123. The summed E-state index contributed by atoms with van der Waals surface area (Å²) in [7, 11) is -2.18. The Bertz CT molecular complexity index is 1680. The van der Waals surface area contributed by atoms with E-state index in [2.05, 4.69) is 26.9 Å². The number of nitrogens with one attached hydrogen (secondary N) is 1. The Morgan fingerprint density at radius 1 is 1.10 bits per heavy atom. The molecule has 42 heavy (non-hydrogen) atoms. The van der Waals surface area contributed by atoms with Crippen molar-refractivity contribution in [2.45, 2.75) is 38.1 Å². The van der Waals surface area contributed by atoms with Crippen molar-refractivity contribution >= 4 is 20.9 Å². The summed E-state index contributed by atoms with van der Waals surface area (Å²) < 4.78 is 42.9. The summed E-state index contributed by atoms with van der Waals surface area (Å²) in [5.74, 6) is 0.487. The maximum absolute atomic E-state index is 14.2. The van der Waals surface area contributed by atoms with Crippen LogP contribution >= 0.6 is 0 Å². The molecule has 1 saturated heterocycles. The Morgan fingerprint density at radius 3 is 2.57 bits per heavy atom. The summed E-state index contributed by atoms with van der Waals surface area (Å²) in [6, 6.07) is 10.3. The molecule has 0 atom stereocenters. The van der Waals surface area contributed by atoms with Gasteiger partial charge in [0.2, 0.25) is 10.0 Å². The monoisotopic (exact) mass is 594 g/mol. The quantitative estimate of drug-likeness (QED) is 0.265. The standard InChI is InChI=1S/C30H38N6O5S/c1-4-6-26-25-20-27(32-30(37)29(25)34(3)33-26)24-19-23(7-8-28(24)41-5-2)42(38,39)36(21-22-9-11-31-12-10-22)14-13-35-15-17-40-18-16-35/h7-12,19-20H,4-6,13-18,21H2,1-3H3,(H,32,37). The molecule has 0 radical (unpaired) electrons. The predicted molar refractivity (Wildman–Crippen MR) is 161 cm³/mol. The molecule has 3 aromatic heterocycles. The smallest absolute Gasteiger partial charge is 0.274 e. The van der Waals surface area contributed by atoms with Crippen molar-refractivity contribution in [3.05, 3.63) is 70.4 Å². The number of aromatic nitrogens is 4. The van der Waals surface area contributed by atoms with E-state index in [0.29, 0.717) is 55.4 Å². The van der Waals surface area contributed by atoms with Crippen LogP contribution in [0.15, 0.2) is 58.5 Å². The molecule has 0 aliphatic carbocycles. The van der Waals surface area contributed by atoms with Crippen LogP contribution in [-0.2, 0) is 34.8 Å². The number of pyridine rings is 2. The summed E-state index contributed by atoms with van der Waals surface area (Å²) in [5.41, 5.74) is 2.84. The summed E-state index contributed by atoms with van der Waals surface area (Å²) in [6.07, 6.45) is 4.92. The zero-order chi connectivity index (χ0) is 29.7. The van der Waals surface area contributed by atoms with Gasteiger partial charge in [0.25, 0.3) is 5.56 Å². The van der Waals surface area contributed by atoms with Crippen LogP contribution in [-0.4, -0.2) is 83.4 Å². The van der Waals surface area contributed by atoms with Crippen molar-refractivity contribution in [1.82, 2.24) is 29.0 Å². The molecule has 0 bridgehead atoms. The molecule has 4 aromatic rings. The lowest BCUT2D eigenvalue weighted by Crippen LogP contribution is -2.42. The second-order valence-electron chi connectivity index (χ2n) is 10.3. The lowest BCUT2D eigenvalue weighted by atomic mass is 10.1. The molecule has 0 amide bonds. The molecule has 0 saturated carbocycles. The van der Waals surface area contributed by atoms with E-state index in [4.69, 9.17) is 9.47 Å². The van der Waals surface area contributed by atoms with Gasteiger partial charge in [-0.25, -0.2) is 8.42 Å². The van der Waals surface area contributed by atoms with Crippen LogP contribution in [0.2, 0.25) is 0 Å². The van der Waals surface area contributed by atoms with Gasteiger partial charge in [-0.2, -0.15) is 9.40 Å². The fourth-order valence-electron chi connectivity index (χ4n) is 5.31. The molecule has 1 fully saturated rings. The number of ether oxygens (including phenoxy) is 2. The van der Waals surface area contributed by atoms with E-state index in [1.54, 1.807) is 42.3 Å². The Balaban J connectivity index is 1.56. The van der Waals surface area contributed by atoms with Crippen molar-refractivity contribution in [2.75, 3.05) is 46.0 Å². The number of hydrogen-bond acceptors (Lipinski definition) is 8. The van der Waals surface area contributed by atoms with Crippen molar-refractivity contribution in [3.8, 4) is 17.0 Å². The Kier molecular flexibility index (Phi) is 9.37. The van der Waals surface area contributed by atoms with Crippen LogP contribution in [0.1, 0.15) is 31.5 Å². The molecular weight excluding hydrogens is 556 g/mol. The highest BCUT2D eigenvalue weighted by molar-refractivity contribution is 7.89. The minimum Gasteiger partial charge on any atom is -0.493 e. The van der Waals surface area contributed by atoms with Gasteiger partial charge in [-0.05, 0) is 55.3 Å². The zero-order valence-corrected chi connectivity index (χ0v) is 25.2. The molecule has 1 aliphatic heterocycles. The molecule has 12 heteroatoms. The summed E-state index contributed by atoms with van der Waals surface area (Å²) >= 11 is 0. The molecule has 1 aliphatic rings. The van der Waals surface area contributed by atoms with E-state index < -0.39 is 10.0 Å². The van der Waals surface area contributed by atoms with Crippen molar-refractivity contribution < 1.29 is 17.9 Å². The number of nitrogens with zero attached hydrogens (tertiary/aromatic N) is 5. The van der Waals surface area contributed by atoms with Gasteiger partial charge in [-0.15, -0.1) is 0 Å². The molecule has 0 unspecified atom stereocenters. The van der Waals surface area contributed by atoms with Crippen LogP contribution in [0.25, 0.3) is 22.2 Å². The number of fused-ring (bicyclic) bond motifs is 1. The molecule has 1 aromatic carbocycles. The molecule has 5 rings (SSSR count). The largest absolute Gasteiger partial charge is 0.493 e. The third-order valence-electron chi connectivity index (χ3n) is 7.46. The Hall–Kier alpha value is -3.58. The number of aromatic amines is 1. The zero-order valence-electron chi connectivity index (χ0n) is 24.4. The predicted octanol–water partition coefficient (Wildman–Crippen LogP) is 3.20. The third-order valence-corrected chi connectivity index (χ3v) is 9.30. The number of hydrogen-bond donors (Lipinski definition) is 1.